The maximum absolute atomic E-state index is 12.2. The molecule has 0 aromatic heterocycles. The molecule has 1 aliphatic heterocycles. The minimum Gasteiger partial charge on any atom is -0.347 e. The van der Waals surface area contributed by atoms with Crippen LogP contribution >= 0.6 is 0 Å². The summed E-state index contributed by atoms with van der Waals surface area (Å²) in [5.74, 6) is -0.936. The number of nitrogens with zero attached hydrogens (tertiary/aromatic N) is 1. The van der Waals surface area contributed by atoms with Crippen LogP contribution in [0.15, 0.2) is 0 Å². The Morgan fingerprint density at radius 2 is 1.35 bits per heavy atom. The Morgan fingerprint density at radius 1 is 0.808 bits per heavy atom. The second-order valence-corrected chi connectivity index (χ2v) is 7.78. The molecule has 2 aliphatic rings. The Morgan fingerprint density at radius 3 is 1.92 bits per heavy atom. The van der Waals surface area contributed by atoms with Crippen molar-refractivity contribution in [2.75, 3.05) is 39.3 Å². The monoisotopic (exact) mass is 366 g/mol. The molecule has 1 saturated carbocycles. The van der Waals surface area contributed by atoms with Crippen molar-refractivity contribution in [3.05, 3.63) is 0 Å². The number of hydrogen-bond donors (Lipinski definition) is 3. The Balaban J connectivity index is 1.65. The maximum atomic E-state index is 12.2. The van der Waals surface area contributed by atoms with E-state index in [2.05, 4.69) is 20.9 Å². The Bertz CT molecular complexity index is 399. The number of nitrogens with one attached hydrogen (secondary N) is 3. The Hall–Kier alpha value is -1.14. The van der Waals surface area contributed by atoms with E-state index in [0.29, 0.717) is 6.54 Å². The van der Waals surface area contributed by atoms with Gasteiger partial charge in [0.25, 0.3) is 0 Å². The van der Waals surface area contributed by atoms with E-state index < -0.39 is 11.8 Å². The van der Waals surface area contributed by atoms with Crippen molar-refractivity contribution in [2.24, 2.45) is 0 Å². The molecule has 0 unspecified atom stereocenters. The zero-order chi connectivity index (χ0) is 18.5. The standard InChI is InChI=1S/C20H38N4O2/c25-19(22-14-17-24-15-12-21-13-16-24)20(26)23-18-10-8-6-4-2-1-3-5-7-9-11-18/h18,21H,1-17H2,(H,22,25)(H,23,26). The highest BCUT2D eigenvalue weighted by Gasteiger charge is 2.18. The molecule has 2 amide bonds. The molecular formula is C20H38N4O2. The molecule has 0 bridgehead atoms. The van der Waals surface area contributed by atoms with Crippen molar-refractivity contribution in [1.82, 2.24) is 20.9 Å². The second-order valence-electron chi connectivity index (χ2n) is 7.78. The third-order valence-corrected chi connectivity index (χ3v) is 5.57. The van der Waals surface area contributed by atoms with Crippen molar-refractivity contribution in [3.8, 4) is 0 Å². The van der Waals surface area contributed by atoms with Crippen molar-refractivity contribution < 1.29 is 9.59 Å². The van der Waals surface area contributed by atoms with Gasteiger partial charge in [0, 0.05) is 45.3 Å². The van der Waals surface area contributed by atoms with Crippen LogP contribution in [0.4, 0.5) is 0 Å². The topological polar surface area (TPSA) is 73.5 Å². The molecule has 0 aromatic carbocycles. The summed E-state index contributed by atoms with van der Waals surface area (Å²) >= 11 is 0. The van der Waals surface area contributed by atoms with Crippen molar-refractivity contribution in [3.63, 3.8) is 0 Å². The van der Waals surface area contributed by atoms with E-state index in [-0.39, 0.29) is 6.04 Å². The van der Waals surface area contributed by atoms with Gasteiger partial charge in [-0.1, -0.05) is 57.8 Å². The van der Waals surface area contributed by atoms with Crippen LogP contribution in [0.25, 0.3) is 0 Å². The first-order valence-electron chi connectivity index (χ1n) is 10.8. The van der Waals surface area contributed by atoms with Crippen molar-refractivity contribution in [1.29, 1.82) is 0 Å². The fourth-order valence-corrected chi connectivity index (χ4v) is 3.90. The summed E-state index contributed by atoms with van der Waals surface area (Å²) in [6.45, 7) is 5.35. The van der Waals surface area contributed by atoms with E-state index in [1.165, 1.54) is 44.9 Å². The lowest BCUT2D eigenvalue weighted by atomic mass is 9.98. The average molecular weight is 367 g/mol. The molecule has 6 nitrogen and oxygen atoms in total. The van der Waals surface area contributed by atoms with Crippen molar-refractivity contribution in [2.45, 2.75) is 76.7 Å². The number of hydrogen-bond acceptors (Lipinski definition) is 4. The van der Waals surface area contributed by atoms with Crippen LogP contribution in [-0.2, 0) is 9.59 Å². The lowest BCUT2D eigenvalue weighted by Gasteiger charge is -2.27. The molecule has 150 valence electrons. The summed E-state index contributed by atoms with van der Waals surface area (Å²) in [5, 5.41) is 9.07. The van der Waals surface area contributed by atoms with Gasteiger partial charge in [-0.15, -0.1) is 0 Å². The number of piperazine rings is 1. The Kier molecular flexibility index (Phi) is 10.7. The summed E-state index contributed by atoms with van der Waals surface area (Å²) in [5.41, 5.74) is 0. The molecule has 0 radical (unpaired) electrons. The van der Waals surface area contributed by atoms with Gasteiger partial charge in [0.15, 0.2) is 0 Å². The predicted octanol–water partition coefficient (Wildman–Crippen LogP) is 1.80. The van der Waals surface area contributed by atoms with Crippen LogP contribution in [0, 0.1) is 0 Å². The molecule has 6 heteroatoms. The van der Waals surface area contributed by atoms with E-state index in [0.717, 1.165) is 58.4 Å². The summed E-state index contributed by atoms with van der Waals surface area (Å²) in [6.07, 6.45) is 13.4. The molecule has 1 aliphatic carbocycles. The van der Waals surface area contributed by atoms with E-state index in [9.17, 15) is 9.59 Å². The van der Waals surface area contributed by atoms with Crippen LogP contribution in [0.3, 0.4) is 0 Å². The third kappa shape index (κ3) is 8.99. The predicted molar refractivity (Wildman–Crippen MR) is 105 cm³/mol. The molecule has 3 N–H and O–H groups in total. The summed E-state index contributed by atoms with van der Waals surface area (Å²) in [4.78, 5) is 26.6. The van der Waals surface area contributed by atoms with Gasteiger partial charge < -0.3 is 16.0 Å². The van der Waals surface area contributed by atoms with Gasteiger partial charge in [-0.25, -0.2) is 0 Å². The van der Waals surface area contributed by atoms with E-state index in [1.807, 2.05) is 0 Å². The smallest absolute Gasteiger partial charge is 0.309 e. The summed E-state index contributed by atoms with van der Waals surface area (Å²) < 4.78 is 0. The van der Waals surface area contributed by atoms with Crippen LogP contribution in [0.2, 0.25) is 0 Å². The second kappa shape index (κ2) is 13.1. The van der Waals surface area contributed by atoms with Gasteiger partial charge in [0.1, 0.15) is 0 Å². The number of amides is 2. The highest BCUT2D eigenvalue weighted by molar-refractivity contribution is 6.35. The minimum absolute atomic E-state index is 0.154. The lowest BCUT2D eigenvalue weighted by Crippen LogP contribution is -2.49. The normalized spacial score (nSPS) is 22.0. The molecule has 1 heterocycles. The number of rotatable bonds is 4. The van der Waals surface area contributed by atoms with Gasteiger partial charge in [0.2, 0.25) is 0 Å². The zero-order valence-corrected chi connectivity index (χ0v) is 16.4. The van der Waals surface area contributed by atoms with Crippen LogP contribution in [-0.4, -0.2) is 62.0 Å². The third-order valence-electron chi connectivity index (χ3n) is 5.57. The van der Waals surface area contributed by atoms with Crippen LogP contribution in [0.1, 0.15) is 70.6 Å². The maximum Gasteiger partial charge on any atom is 0.309 e. The van der Waals surface area contributed by atoms with Gasteiger partial charge in [-0.05, 0) is 12.8 Å². The first-order chi connectivity index (χ1) is 12.8. The molecule has 1 saturated heterocycles. The molecule has 26 heavy (non-hydrogen) atoms. The van der Waals surface area contributed by atoms with Gasteiger partial charge in [0.05, 0.1) is 0 Å². The van der Waals surface area contributed by atoms with Crippen molar-refractivity contribution >= 4 is 11.8 Å². The fourth-order valence-electron chi connectivity index (χ4n) is 3.90. The van der Waals surface area contributed by atoms with Crippen LogP contribution < -0.4 is 16.0 Å². The molecular weight excluding hydrogens is 328 g/mol. The highest BCUT2D eigenvalue weighted by atomic mass is 16.2. The van der Waals surface area contributed by atoms with Gasteiger partial charge >= 0.3 is 11.8 Å². The number of carbonyl (C=O) groups is 2. The van der Waals surface area contributed by atoms with Gasteiger partial charge in [-0.2, -0.15) is 0 Å². The molecule has 0 atom stereocenters. The molecule has 0 aromatic rings. The minimum atomic E-state index is -0.480. The molecule has 2 rings (SSSR count). The SMILES string of the molecule is O=C(NCCN1CCNCC1)C(=O)NC1CCCCCCCCCCC1. The fraction of sp³-hybridized carbons (Fsp3) is 0.900. The largest absolute Gasteiger partial charge is 0.347 e. The molecule has 2 fully saturated rings. The lowest BCUT2D eigenvalue weighted by molar-refractivity contribution is -0.139. The Labute approximate surface area is 158 Å². The van der Waals surface area contributed by atoms with E-state index in [1.54, 1.807) is 0 Å². The summed E-state index contributed by atoms with van der Waals surface area (Å²) in [6, 6.07) is 0.154. The van der Waals surface area contributed by atoms with E-state index >= 15 is 0 Å². The quantitative estimate of drug-likeness (QED) is 0.664. The number of carbonyl (C=O) groups excluding carboxylic acids is 2. The highest BCUT2D eigenvalue weighted by Crippen LogP contribution is 2.16. The average Bonchev–Trinajstić information content (AvgIpc) is 2.64. The van der Waals surface area contributed by atoms with Crippen LogP contribution in [0.5, 0.6) is 0 Å². The first-order valence-corrected chi connectivity index (χ1v) is 10.8. The zero-order valence-electron chi connectivity index (χ0n) is 16.4. The molecule has 0 spiro atoms. The first kappa shape index (κ1) is 21.2. The summed E-state index contributed by atoms with van der Waals surface area (Å²) in [7, 11) is 0. The van der Waals surface area contributed by atoms with E-state index in [4.69, 9.17) is 0 Å². The van der Waals surface area contributed by atoms with Gasteiger partial charge in [-0.3, -0.25) is 14.5 Å².